The fraction of sp³-hybridized carbons (Fsp3) is 0.917. The van der Waals surface area contributed by atoms with Gasteiger partial charge in [0.15, 0.2) is 0 Å². The van der Waals surface area contributed by atoms with Gasteiger partial charge in [0.05, 0.1) is 12.2 Å². The van der Waals surface area contributed by atoms with Crippen LogP contribution < -0.4 is 0 Å². The molecule has 3 fully saturated rings. The standard InChI is InChI=1S/C12H19NO2/c14-11(4-3-10-1-2-10)13-7-5-12(6-8-13)9-15-12/h10H,1-9H2. The summed E-state index contributed by atoms with van der Waals surface area (Å²) in [6.07, 6.45) is 6.72. The number of ether oxygens (including phenoxy) is 1. The number of nitrogens with zero attached hydrogens (tertiary/aromatic N) is 1. The van der Waals surface area contributed by atoms with Gasteiger partial charge in [0.2, 0.25) is 5.91 Å². The van der Waals surface area contributed by atoms with Crippen molar-refractivity contribution in [3.63, 3.8) is 0 Å². The lowest BCUT2D eigenvalue weighted by Crippen LogP contribution is -2.41. The van der Waals surface area contributed by atoms with Crippen LogP contribution in [0, 0.1) is 5.92 Å². The molecular formula is C12H19NO2. The van der Waals surface area contributed by atoms with Crippen molar-refractivity contribution in [3.8, 4) is 0 Å². The second kappa shape index (κ2) is 3.48. The lowest BCUT2D eigenvalue weighted by atomic mass is 9.97. The summed E-state index contributed by atoms with van der Waals surface area (Å²) in [4.78, 5) is 13.9. The zero-order valence-corrected chi connectivity index (χ0v) is 9.21. The molecule has 15 heavy (non-hydrogen) atoms. The van der Waals surface area contributed by atoms with E-state index in [-0.39, 0.29) is 5.60 Å². The maximum absolute atomic E-state index is 11.8. The topological polar surface area (TPSA) is 32.8 Å². The number of hydrogen-bond donors (Lipinski definition) is 0. The number of piperidine rings is 1. The first kappa shape index (κ1) is 9.64. The molecule has 1 amide bonds. The number of epoxide rings is 1. The van der Waals surface area contributed by atoms with Crippen molar-refractivity contribution in [2.24, 2.45) is 5.92 Å². The van der Waals surface area contributed by atoms with Gasteiger partial charge in [0, 0.05) is 19.5 Å². The molecule has 2 aliphatic heterocycles. The van der Waals surface area contributed by atoms with Gasteiger partial charge in [0.25, 0.3) is 0 Å². The monoisotopic (exact) mass is 209 g/mol. The number of carbonyl (C=O) groups excluding carboxylic acids is 1. The fourth-order valence-electron chi connectivity index (χ4n) is 2.45. The van der Waals surface area contributed by atoms with Gasteiger partial charge < -0.3 is 9.64 Å². The number of hydrogen-bond acceptors (Lipinski definition) is 2. The van der Waals surface area contributed by atoms with Gasteiger partial charge >= 0.3 is 0 Å². The van der Waals surface area contributed by atoms with Crippen LogP contribution in [-0.2, 0) is 9.53 Å². The zero-order chi connectivity index (χ0) is 10.3. The smallest absolute Gasteiger partial charge is 0.222 e. The Hall–Kier alpha value is -0.570. The van der Waals surface area contributed by atoms with Crippen LogP contribution in [0.5, 0.6) is 0 Å². The summed E-state index contributed by atoms with van der Waals surface area (Å²) in [5.41, 5.74) is 0.202. The van der Waals surface area contributed by atoms with Crippen molar-refractivity contribution in [1.82, 2.24) is 4.90 Å². The molecule has 3 rings (SSSR count). The van der Waals surface area contributed by atoms with Crippen LogP contribution >= 0.6 is 0 Å². The van der Waals surface area contributed by atoms with Gasteiger partial charge in [-0.15, -0.1) is 0 Å². The van der Waals surface area contributed by atoms with Crippen molar-refractivity contribution in [2.75, 3.05) is 19.7 Å². The minimum atomic E-state index is 0.202. The molecule has 0 atom stereocenters. The minimum absolute atomic E-state index is 0.202. The first-order valence-electron chi connectivity index (χ1n) is 6.19. The summed E-state index contributed by atoms with van der Waals surface area (Å²) >= 11 is 0. The highest BCUT2D eigenvalue weighted by Gasteiger charge is 2.47. The van der Waals surface area contributed by atoms with Crippen LogP contribution in [0.2, 0.25) is 0 Å². The van der Waals surface area contributed by atoms with Gasteiger partial charge in [-0.05, 0) is 25.2 Å². The van der Waals surface area contributed by atoms with Crippen LogP contribution in [-0.4, -0.2) is 36.1 Å². The second-order valence-corrected chi connectivity index (χ2v) is 5.33. The highest BCUT2D eigenvalue weighted by atomic mass is 16.6. The average molecular weight is 209 g/mol. The van der Waals surface area contributed by atoms with E-state index in [0.29, 0.717) is 5.91 Å². The summed E-state index contributed by atoms with van der Waals surface area (Å²) < 4.78 is 5.44. The Bertz CT molecular complexity index is 259. The molecule has 1 aliphatic carbocycles. The summed E-state index contributed by atoms with van der Waals surface area (Å²) in [6.45, 7) is 2.77. The molecule has 1 saturated carbocycles. The lowest BCUT2D eigenvalue weighted by Gasteiger charge is -2.30. The Morgan fingerprint density at radius 2 is 2.00 bits per heavy atom. The molecule has 1 spiro atoms. The summed E-state index contributed by atoms with van der Waals surface area (Å²) in [5.74, 6) is 1.24. The van der Waals surface area contributed by atoms with E-state index < -0.39 is 0 Å². The molecule has 0 N–H and O–H groups in total. The van der Waals surface area contributed by atoms with Crippen molar-refractivity contribution in [2.45, 2.75) is 44.1 Å². The van der Waals surface area contributed by atoms with Crippen molar-refractivity contribution in [1.29, 1.82) is 0 Å². The molecule has 0 unspecified atom stereocenters. The highest BCUT2D eigenvalue weighted by molar-refractivity contribution is 5.76. The van der Waals surface area contributed by atoms with Gasteiger partial charge in [-0.2, -0.15) is 0 Å². The van der Waals surface area contributed by atoms with E-state index in [1.165, 1.54) is 12.8 Å². The highest BCUT2D eigenvalue weighted by Crippen LogP contribution is 2.38. The molecule has 3 nitrogen and oxygen atoms in total. The van der Waals surface area contributed by atoms with E-state index in [2.05, 4.69) is 0 Å². The maximum Gasteiger partial charge on any atom is 0.222 e. The molecule has 0 aromatic carbocycles. The van der Waals surface area contributed by atoms with Crippen LogP contribution in [0.1, 0.15) is 38.5 Å². The largest absolute Gasteiger partial charge is 0.369 e. The number of carbonyl (C=O) groups is 1. The molecule has 0 bridgehead atoms. The molecule has 3 aliphatic rings. The van der Waals surface area contributed by atoms with Crippen LogP contribution in [0.3, 0.4) is 0 Å². The Morgan fingerprint density at radius 1 is 1.33 bits per heavy atom. The SMILES string of the molecule is O=C(CCC1CC1)N1CCC2(CC1)CO2. The van der Waals surface area contributed by atoms with Gasteiger partial charge in [-0.1, -0.05) is 12.8 Å². The van der Waals surface area contributed by atoms with E-state index >= 15 is 0 Å². The van der Waals surface area contributed by atoms with Gasteiger partial charge in [0.1, 0.15) is 0 Å². The van der Waals surface area contributed by atoms with Crippen molar-refractivity contribution >= 4 is 5.91 Å². The van der Waals surface area contributed by atoms with Gasteiger partial charge in [-0.3, -0.25) is 4.79 Å². The van der Waals surface area contributed by atoms with E-state index in [1.807, 2.05) is 4.90 Å². The third-order valence-corrected chi connectivity index (χ3v) is 4.04. The van der Waals surface area contributed by atoms with E-state index in [0.717, 1.165) is 51.3 Å². The average Bonchev–Trinajstić information content (AvgIpc) is 3.13. The third kappa shape index (κ3) is 2.17. The fourth-order valence-corrected chi connectivity index (χ4v) is 2.45. The molecule has 0 radical (unpaired) electrons. The first-order valence-corrected chi connectivity index (χ1v) is 6.19. The van der Waals surface area contributed by atoms with Gasteiger partial charge in [-0.25, -0.2) is 0 Å². The van der Waals surface area contributed by atoms with Crippen molar-refractivity contribution < 1.29 is 9.53 Å². The Morgan fingerprint density at radius 3 is 2.53 bits per heavy atom. The molecule has 0 aromatic rings. The number of rotatable bonds is 3. The third-order valence-electron chi connectivity index (χ3n) is 4.04. The molecule has 3 heteroatoms. The normalized spacial score (nSPS) is 28.1. The number of amides is 1. The van der Waals surface area contributed by atoms with E-state index in [4.69, 9.17) is 4.74 Å². The van der Waals surface area contributed by atoms with E-state index in [1.54, 1.807) is 0 Å². The van der Waals surface area contributed by atoms with E-state index in [9.17, 15) is 4.79 Å². The summed E-state index contributed by atoms with van der Waals surface area (Å²) in [7, 11) is 0. The zero-order valence-electron chi connectivity index (χ0n) is 9.21. The summed E-state index contributed by atoms with van der Waals surface area (Å²) in [5, 5.41) is 0. The summed E-state index contributed by atoms with van der Waals surface area (Å²) in [6, 6.07) is 0. The Balaban J connectivity index is 1.43. The first-order chi connectivity index (χ1) is 7.27. The second-order valence-electron chi connectivity index (χ2n) is 5.33. The molecule has 84 valence electrons. The van der Waals surface area contributed by atoms with Crippen molar-refractivity contribution in [3.05, 3.63) is 0 Å². The Kier molecular flexibility index (Phi) is 2.23. The lowest BCUT2D eigenvalue weighted by molar-refractivity contribution is -0.132. The minimum Gasteiger partial charge on any atom is -0.369 e. The molecule has 2 saturated heterocycles. The quantitative estimate of drug-likeness (QED) is 0.661. The number of likely N-dealkylation sites (tertiary alicyclic amines) is 1. The van der Waals surface area contributed by atoms with Crippen LogP contribution in [0.15, 0.2) is 0 Å². The Labute approximate surface area is 90.8 Å². The predicted octanol–water partition coefficient (Wildman–Crippen LogP) is 1.57. The molecule has 2 heterocycles. The van der Waals surface area contributed by atoms with Crippen LogP contribution in [0.25, 0.3) is 0 Å². The molecular weight excluding hydrogens is 190 g/mol. The maximum atomic E-state index is 11.8. The molecule has 0 aromatic heterocycles. The predicted molar refractivity (Wildman–Crippen MR) is 56.5 cm³/mol. The van der Waals surface area contributed by atoms with Crippen LogP contribution in [0.4, 0.5) is 0 Å².